The van der Waals surface area contributed by atoms with Crippen molar-refractivity contribution in [1.29, 1.82) is 0 Å². The highest BCUT2D eigenvalue weighted by atomic mass is 28.4. The van der Waals surface area contributed by atoms with E-state index >= 15 is 0 Å². The molecule has 5 unspecified atom stereocenters. The number of nitrogens with zero attached hydrogens (tertiary/aromatic N) is 1. The van der Waals surface area contributed by atoms with Crippen LogP contribution in [0.5, 0.6) is 0 Å². The molecule has 6 atom stereocenters. The Kier molecular flexibility index (Phi) is 6.20. The molecule has 4 heteroatoms. The molecule has 0 aromatic heterocycles. The van der Waals surface area contributed by atoms with Gasteiger partial charge >= 0.3 is 0 Å². The topological polar surface area (TPSA) is 38.5 Å². The largest absolute Gasteiger partial charge is 0.403 e. The van der Waals surface area contributed by atoms with Crippen molar-refractivity contribution in [1.82, 2.24) is 4.90 Å². The van der Waals surface area contributed by atoms with Gasteiger partial charge in [0.25, 0.3) is 8.32 Å². The molecule has 2 N–H and O–H groups in total. The molecule has 3 bridgehead atoms. The SMILES string of the molecule is CC(C)(C)[Si](O[C@H]1C2CC3CC(C2N)C1N(Cc1ccccc1)C3)(c1ccccc1)c1ccccc1. The average Bonchev–Trinajstić information content (AvgIpc) is 2.99. The van der Waals surface area contributed by atoms with E-state index in [1.165, 1.54) is 35.3 Å². The van der Waals surface area contributed by atoms with Gasteiger partial charge in [0.05, 0.1) is 6.10 Å². The molecule has 1 saturated heterocycles. The van der Waals surface area contributed by atoms with Crippen LogP contribution in [0.1, 0.15) is 39.2 Å². The standard InChI is InChI=1S/C32H40N2OSi/c1-32(2,3)36(25-15-9-5-10-16-25,26-17-11-6-12-18-26)35-31-28-20-24-19-27(29(28)33)30(31)34(22-24)21-23-13-7-4-8-14-23/h4-18,24,27-31H,19-22,33H2,1-3H3/t24?,27?,28?,29?,30?,31-/m0/s1. The Morgan fingerprint density at radius 1 is 0.806 bits per heavy atom. The fraction of sp³-hybridized carbons (Fsp3) is 0.438. The summed E-state index contributed by atoms with van der Waals surface area (Å²) in [6.07, 6.45) is 2.61. The fourth-order valence-corrected chi connectivity index (χ4v) is 12.6. The summed E-state index contributed by atoms with van der Waals surface area (Å²) in [6, 6.07) is 33.8. The first-order valence-corrected chi connectivity index (χ1v) is 15.6. The van der Waals surface area contributed by atoms with Crippen LogP contribution in [0.4, 0.5) is 0 Å². The molecule has 3 aromatic rings. The Bertz CT molecular complexity index is 1120. The molecule has 1 heterocycles. The van der Waals surface area contributed by atoms with E-state index in [0.717, 1.165) is 12.5 Å². The maximum absolute atomic E-state index is 7.84. The summed E-state index contributed by atoms with van der Waals surface area (Å²) in [5.74, 6) is 1.68. The highest BCUT2D eigenvalue weighted by Gasteiger charge is 2.62. The summed E-state index contributed by atoms with van der Waals surface area (Å²) in [5.41, 5.74) is 8.42. The average molecular weight is 497 g/mol. The lowest BCUT2D eigenvalue weighted by Gasteiger charge is -2.48. The van der Waals surface area contributed by atoms with Crippen LogP contribution in [-0.4, -0.2) is 37.9 Å². The first kappa shape index (κ1) is 24.1. The number of rotatable bonds is 6. The number of piperidine rings is 1. The van der Waals surface area contributed by atoms with E-state index in [1.54, 1.807) is 0 Å². The lowest BCUT2D eigenvalue weighted by molar-refractivity contribution is 0.0221. The minimum Gasteiger partial charge on any atom is -0.403 e. The van der Waals surface area contributed by atoms with E-state index < -0.39 is 8.32 Å². The van der Waals surface area contributed by atoms with E-state index in [2.05, 4.69) is 117 Å². The van der Waals surface area contributed by atoms with E-state index in [9.17, 15) is 0 Å². The lowest BCUT2D eigenvalue weighted by Crippen LogP contribution is -2.69. The second kappa shape index (κ2) is 9.25. The van der Waals surface area contributed by atoms with Gasteiger partial charge in [-0.3, -0.25) is 4.90 Å². The predicted octanol–water partition coefficient (Wildman–Crippen LogP) is 4.80. The summed E-state index contributed by atoms with van der Waals surface area (Å²) in [6.45, 7) is 9.32. The molecule has 2 aliphatic carbocycles. The van der Waals surface area contributed by atoms with Crippen LogP contribution in [0.3, 0.4) is 0 Å². The third kappa shape index (κ3) is 3.90. The van der Waals surface area contributed by atoms with Gasteiger partial charge in [-0.05, 0) is 45.7 Å². The normalized spacial score (nSPS) is 30.0. The zero-order chi connectivity index (χ0) is 24.9. The van der Waals surface area contributed by atoms with E-state index in [-0.39, 0.29) is 17.2 Å². The first-order chi connectivity index (χ1) is 17.4. The van der Waals surface area contributed by atoms with Gasteiger partial charge in [0.1, 0.15) is 0 Å². The van der Waals surface area contributed by atoms with Gasteiger partial charge in [-0.15, -0.1) is 0 Å². The van der Waals surface area contributed by atoms with Crippen molar-refractivity contribution in [3.8, 4) is 0 Å². The molecule has 6 rings (SSSR count). The Hall–Kier alpha value is -2.24. The van der Waals surface area contributed by atoms with Gasteiger partial charge < -0.3 is 10.2 Å². The van der Waals surface area contributed by atoms with Crippen LogP contribution in [0, 0.1) is 17.8 Å². The number of nitrogens with two attached hydrogens (primary N) is 1. The minimum atomic E-state index is -2.65. The lowest BCUT2D eigenvalue weighted by atomic mass is 9.75. The summed E-state index contributed by atoms with van der Waals surface area (Å²) < 4.78 is 7.84. The summed E-state index contributed by atoms with van der Waals surface area (Å²) in [4.78, 5) is 2.74. The predicted molar refractivity (Wildman–Crippen MR) is 151 cm³/mol. The van der Waals surface area contributed by atoms with Crippen LogP contribution in [0.25, 0.3) is 0 Å². The molecule has 3 aliphatic rings. The van der Waals surface area contributed by atoms with Gasteiger partial charge in [0, 0.05) is 31.1 Å². The highest BCUT2D eigenvalue weighted by molar-refractivity contribution is 6.99. The summed E-state index contributed by atoms with van der Waals surface area (Å²) in [7, 11) is -2.65. The molecule has 2 saturated carbocycles. The number of likely N-dealkylation sites (tertiary alicyclic amines) is 1. The van der Waals surface area contributed by atoms with Crippen molar-refractivity contribution in [3.63, 3.8) is 0 Å². The third-order valence-electron chi connectivity index (χ3n) is 9.27. The van der Waals surface area contributed by atoms with Gasteiger partial charge in [-0.2, -0.15) is 0 Å². The molecule has 0 amide bonds. The van der Waals surface area contributed by atoms with Crippen LogP contribution in [0.15, 0.2) is 91.0 Å². The molecular weight excluding hydrogens is 456 g/mol. The van der Waals surface area contributed by atoms with Crippen LogP contribution < -0.4 is 16.1 Å². The Morgan fingerprint density at radius 2 is 1.33 bits per heavy atom. The van der Waals surface area contributed by atoms with Crippen LogP contribution in [-0.2, 0) is 11.0 Å². The molecule has 3 fully saturated rings. The molecule has 188 valence electrons. The van der Waals surface area contributed by atoms with Gasteiger partial charge in [-0.1, -0.05) is 112 Å². The number of hydrogen-bond donors (Lipinski definition) is 1. The molecule has 3 aromatic carbocycles. The molecule has 36 heavy (non-hydrogen) atoms. The maximum atomic E-state index is 7.84. The quantitative estimate of drug-likeness (QED) is 0.498. The molecular formula is C32H40N2OSi. The smallest absolute Gasteiger partial charge is 0.261 e. The van der Waals surface area contributed by atoms with Crippen molar-refractivity contribution < 1.29 is 4.43 Å². The van der Waals surface area contributed by atoms with Gasteiger partial charge in [-0.25, -0.2) is 0 Å². The molecule has 0 spiro atoms. The monoisotopic (exact) mass is 496 g/mol. The highest BCUT2D eigenvalue weighted by Crippen LogP contribution is 2.53. The second-order valence-corrected chi connectivity index (χ2v) is 16.6. The number of fused-ring (bicyclic) bond motifs is 2. The van der Waals surface area contributed by atoms with Crippen molar-refractivity contribution in [2.45, 2.75) is 63.4 Å². The zero-order valence-corrected chi connectivity index (χ0v) is 22.9. The second-order valence-electron chi connectivity index (χ2n) is 12.4. The van der Waals surface area contributed by atoms with Crippen LogP contribution in [0.2, 0.25) is 5.04 Å². The minimum absolute atomic E-state index is 0.0290. The first-order valence-electron chi connectivity index (χ1n) is 13.7. The third-order valence-corrected chi connectivity index (χ3v) is 14.3. The number of hydrogen-bond acceptors (Lipinski definition) is 3. The Morgan fingerprint density at radius 3 is 1.89 bits per heavy atom. The van der Waals surface area contributed by atoms with Crippen LogP contribution >= 0.6 is 0 Å². The molecule has 3 nitrogen and oxygen atoms in total. The summed E-state index contributed by atoms with van der Waals surface area (Å²) in [5, 5.41) is 2.70. The van der Waals surface area contributed by atoms with Crippen molar-refractivity contribution >= 4 is 18.7 Å². The van der Waals surface area contributed by atoms with Crippen molar-refractivity contribution in [2.75, 3.05) is 6.54 Å². The molecule has 0 radical (unpaired) electrons. The van der Waals surface area contributed by atoms with E-state index in [4.69, 9.17) is 10.2 Å². The van der Waals surface area contributed by atoms with E-state index in [1.807, 2.05) is 0 Å². The summed E-state index contributed by atoms with van der Waals surface area (Å²) >= 11 is 0. The number of benzene rings is 3. The van der Waals surface area contributed by atoms with Crippen molar-refractivity contribution in [3.05, 3.63) is 96.6 Å². The fourth-order valence-electron chi connectivity index (χ4n) is 7.84. The van der Waals surface area contributed by atoms with E-state index in [0.29, 0.717) is 17.9 Å². The Labute approximate surface area is 217 Å². The Balaban J connectivity index is 1.46. The van der Waals surface area contributed by atoms with Gasteiger partial charge in [0.15, 0.2) is 0 Å². The molecule has 1 aliphatic heterocycles. The zero-order valence-electron chi connectivity index (χ0n) is 21.9. The van der Waals surface area contributed by atoms with Gasteiger partial charge in [0.2, 0.25) is 0 Å². The van der Waals surface area contributed by atoms with Crippen molar-refractivity contribution in [2.24, 2.45) is 23.5 Å². The maximum Gasteiger partial charge on any atom is 0.261 e.